The molecule has 0 saturated heterocycles. The van der Waals surface area contributed by atoms with E-state index in [-0.39, 0.29) is 24.5 Å². The maximum Gasteiger partial charge on any atom is 0.293 e. The average molecular weight is 468 g/mol. The molecule has 9 heteroatoms. The number of nitrogens with zero attached hydrogens (tertiary/aromatic N) is 5. The van der Waals surface area contributed by atoms with Gasteiger partial charge in [0, 0.05) is 44.4 Å². The molecule has 0 atom stereocenters. The second-order valence-electron chi connectivity index (χ2n) is 10.4. The van der Waals surface area contributed by atoms with Gasteiger partial charge in [0.15, 0.2) is 0 Å². The van der Waals surface area contributed by atoms with Crippen molar-refractivity contribution in [3.63, 3.8) is 0 Å². The van der Waals surface area contributed by atoms with Crippen LogP contribution in [0.5, 0.6) is 0 Å². The van der Waals surface area contributed by atoms with Crippen molar-refractivity contribution in [2.24, 2.45) is 5.92 Å². The molecule has 1 aliphatic carbocycles. The molecule has 8 nitrogen and oxygen atoms in total. The van der Waals surface area contributed by atoms with E-state index in [9.17, 15) is 9.59 Å². The summed E-state index contributed by atoms with van der Waals surface area (Å²) in [4.78, 5) is 36.3. The fourth-order valence-electron chi connectivity index (χ4n) is 4.77. The highest BCUT2D eigenvalue weighted by Crippen LogP contribution is 2.39. The molecule has 0 aromatic carbocycles. The van der Waals surface area contributed by atoms with Crippen LogP contribution in [0.15, 0.2) is 18.5 Å². The molecular weight excluding hydrogens is 434 g/mol. The van der Waals surface area contributed by atoms with Crippen molar-refractivity contribution >= 4 is 37.0 Å². The molecule has 0 unspecified atom stereocenters. The van der Waals surface area contributed by atoms with Crippen LogP contribution >= 0.6 is 0 Å². The Labute approximate surface area is 196 Å². The highest BCUT2D eigenvalue weighted by molar-refractivity contribution is 6.76. The summed E-state index contributed by atoms with van der Waals surface area (Å²) in [6.45, 7) is 15.9. The highest BCUT2D eigenvalue weighted by Gasteiger charge is 2.37. The van der Waals surface area contributed by atoms with Gasteiger partial charge in [0.25, 0.3) is 12.6 Å². The van der Waals surface area contributed by atoms with E-state index >= 15 is 0 Å². The van der Waals surface area contributed by atoms with E-state index in [0.29, 0.717) is 19.0 Å². The lowest BCUT2D eigenvalue weighted by Gasteiger charge is -2.43. The molecule has 2 aromatic heterocycles. The number of aromatic nitrogens is 2. The normalized spacial score (nSPS) is 21.2. The van der Waals surface area contributed by atoms with E-state index in [1.54, 1.807) is 11.1 Å². The molecule has 3 heterocycles. The number of anilines is 1. The number of hydrogen-bond donors (Lipinski definition) is 0. The van der Waals surface area contributed by atoms with Crippen molar-refractivity contribution in [1.29, 1.82) is 0 Å². The summed E-state index contributed by atoms with van der Waals surface area (Å²) in [6.07, 6.45) is 8.20. The minimum atomic E-state index is -1.15. The molecule has 33 heavy (non-hydrogen) atoms. The van der Waals surface area contributed by atoms with Crippen LogP contribution < -0.4 is 4.90 Å². The summed E-state index contributed by atoms with van der Waals surface area (Å²) in [7, 11) is -1.15. The maximum atomic E-state index is 13.1. The SMILES string of the molecule is [C-]#[N+]CN1CN(C2CCC(C=O)CC2)c2c(cnc3c2ccn3COCC[Si](C)(C)C)C1=O. The minimum Gasteiger partial charge on any atom is -0.361 e. The summed E-state index contributed by atoms with van der Waals surface area (Å²) < 4.78 is 7.94. The Morgan fingerprint density at radius 1 is 1.27 bits per heavy atom. The molecule has 4 rings (SSSR count). The van der Waals surface area contributed by atoms with E-state index in [1.165, 1.54) is 0 Å². The predicted octanol–water partition coefficient (Wildman–Crippen LogP) is 4.20. The fraction of sp³-hybridized carbons (Fsp3) is 0.583. The Bertz CT molecular complexity index is 1060. The Morgan fingerprint density at radius 3 is 2.70 bits per heavy atom. The van der Waals surface area contributed by atoms with Crippen LogP contribution in [0.4, 0.5) is 5.69 Å². The average Bonchev–Trinajstić information content (AvgIpc) is 3.21. The summed E-state index contributed by atoms with van der Waals surface area (Å²) in [5, 5.41) is 0.939. The molecule has 0 N–H and O–H groups in total. The quantitative estimate of drug-likeness (QED) is 0.252. The van der Waals surface area contributed by atoms with Gasteiger partial charge < -0.3 is 19.0 Å². The summed E-state index contributed by atoms with van der Waals surface area (Å²) >= 11 is 0. The number of carbonyl (C=O) groups excluding carboxylic acids is 2. The molecule has 0 spiro atoms. The molecule has 0 radical (unpaired) electrons. The van der Waals surface area contributed by atoms with Crippen molar-refractivity contribution in [2.75, 3.05) is 24.8 Å². The van der Waals surface area contributed by atoms with E-state index in [4.69, 9.17) is 11.3 Å². The highest BCUT2D eigenvalue weighted by atomic mass is 28.3. The van der Waals surface area contributed by atoms with Gasteiger partial charge in [-0.3, -0.25) is 14.5 Å². The molecule has 1 fully saturated rings. The predicted molar refractivity (Wildman–Crippen MR) is 131 cm³/mol. The van der Waals surface area contributed by atoms with Gasteiger partial charge in [-0.25, -0.2) is 11.6 Å². The summed E-state index contributed by atoms with van der Waals surface area (Å²) in [6, 6.07) is 3.35. The van der Waals surface area contributed by atoms with Crippen LogP contribution in [0.2, 0.25) is 25.7 Å². The number of aldehydes is 1. The van der Waals surface area contributed by atoms with E-state index in [2.05, 4.69) is 34.4 Å². The van der Waals surface area contributed by atoms with Crippen molar-refractivity contribution in [2.45, 2.75) is 64.1 Å². The van der Waals surface area contributed by atoms with Gasteiger partial charge in [0.2, 0.25) is 0 Å². The first-order valence-corrected chi connectivity index (χ1v) is 15.4. The molecule has 0 bridgehead atoms. The number of ether oxygens (including phenoxy) is 1. The van der Waals surface area contributed by atoms with Crippen molar-refractivity contribution in [3.05, 3.63) is 35.4 Å². The van der Waals surface area contributed by atoms with Gasteiger partial charge in [-0.2, -0.15) is 0 Å². The number of pyridine rings is 1. The smallest absolute Gasteiger partial charge is 0.293 e. The van der Waals surface area contributed by atoms with Crippen molar-refractivity contribution in [1.82, 2.24) is 14.5 Å². The van der Waals surface area contributed by atoms with Crippen LogP contribution in [0.3, 0.4) is 0 Å². The Hall–Kier alpha value is -2.70. The first kappa shape index (κ1) is 23.5. The van der Waals surface area contributed by atoms with E-state index in [1.807, 2.05) is 16.8 Å². The largest absolute Gasteiger partial charge is 0.361 e. The second kappa shape index (κ2) is 9.65. The second-order valence-corrected chi connectivity index (χ2v) is 16.0. The van der Waals surface area contributed by atoms with Crippen molar-refractivity contribution < 1.29 is 14.3 Å². The van der Waals surface area contributed by atoms with E-state index < -0.39 is 8.07 Å². The number of amides is 1. The minimum absolute atomic E-state index is 0.0302. The third-order valence-electron chi connectivity index (χ3n) is 6.73. The van der Waals surface area contributed by atoms with Crippen molar-refractivity contribution in [3.8, 4) is 0 Å². The fourth-order valence-corrected chi connectivity index (χ4v) is 5.52. The Kier molecular flexibility index (Phi) is 6.86. The lowest BCUT2D eigenvalue weighted by Crippen LogP contribution is -2.51. The zero-order valence-corrected chi connectivity index (χ0v) is 20.8. The maximum absolute atomic E-state index is 13.1. The summed E-state index contributed by atoms with van der Waals surface area (Å²) in [5.41, 5.74) is 2.26. The lowest BCUT2D eigenvalue weighted by molar-refractivity contribution is -0.111. The van der Waals surface area contributed by atoms with Crippen LogP contribution in [-0.2, 0) is 16.3 Å². The number of hydrogen-bond acceptors (Lipinski definition) is 5. The molecule has 176 valence electrons. The molecular formula is C24H33N5O3Si. The molecule has 1 amide bonds. The topological polar surface area (TPSA) is 72.0 Å². The van der Waals surface area contributed by atoms with Crippen LogP contribution in [0.1, 0.15) is 36.0 Å². The van der Waals surface area contributed by atoms with Gasteiger partial charge in [0.1, 0.15) is 25.3 Å². The first-order valence-electron chi connectivity index (χ1n) is 11.7. The van der Waals surface area contributed by atoms with Crippen LogP contribution in [0.25, 0.3) is 15.9 Å². The lowest BCUT2D eigenvalue weighted by atomic mass is 9.85. The molecule has 1 aliphatic heterocycles. The zero-order valence-electron chi connectivity index (χ0n) is 19.8. The van der Waals surface area contributed by atoms with E-state index in [0.717, 1.165) is 61.3 Å². The first-order chi connectivity index (χ1) is 15.8. The summed E-state index contributed by atoms with van der Waals surface area (Å²) in [5.74, 6) is -0.0225. The third kappa shape index (κ3) is 4.97. The van der Waals surface area contributed by atoms with Gasteiger partial charge in [0.05, 0.1) is 11.3 Å². The van der Waals surface area contributed by atoms with Crippen LogP contribution in [-0.4, -0.2) is 60.7 Å². The molecule has 2 aliphatic rings. The van der Waals surface area contributed by atoms with Gasteiger partial charge in [-0.15, -0.1) is 0 Å². The van der Waals surface area contributed by atoms with Gasteiger partial charge in [-0.05, 0) is 37.8 Å². The standard InChI is InChI=1S/C24H33N5O3Si/c1-25-15-28-16-29(19-7-5-18(14-30)6-8-19)22-20-9-10-27(17-32-11-12-33(2,3)4)23(20)26-13-21(22)24(28)31/h9-10,13-14,18-19H,5-8,11-12,15-17H2,2-4H3. The number of fused-ring (bicyclic) bond motifs is 3. The number of carbonyl (C=O) groups is 2. The Balaban J connectivity index is 1.64. The van der Waals surface area contributed by atoms with Gasteiger partial charge >= 0.3 is 0 Å². The Morgan fingerprint density at radius 2 is 2.03 bits per heavy atom. The molecule has 1 saturated carbocycles. The monoisotopic (exact) mass is 467 g/mol. The third-order valence-corrected chi connectivity index (χ3v) is 8.44. The zero-order chi connectivity index (χ0) is 23.6. The number of rotatable bonds is 8. The van der Waals surface area contributed by atoms with Gasteiger partial charge in [-0.1, -0.05) is 19.6 Å². The molecule has 2 aromatic rings. The van der Waals surface area contributed by atoms with Crippen LogP contribution in [0, 0.1) is 12.5 Å².